The Bertz CT molecular complexity index is 1000. The number of fused-ring (bicyclic) bond motifs is 1. The lowest BCUT2D eigenvalue weighted by molar-refractivity contribution is 0.102. The predicted molar refractivity (Wildman–Crippen MR) is 107 cm³/mol. The highest BCUT2D eigenvalue weighted by Crippen LogP contribution is 2.37. The summed E-state index contributed by atoms with van der Waals surface area (Å²) in [4.78, 5) is 25.3. The number of piperidine rings is 1. The molecule has 1 aliphatic rings. The van der Waals surface area contributed by atoms with Gasteiger partial charge in [0.05, 0.1) is 16.0 Å². The topological polar surface area (TPSA) is 58.1 Å². The number of anilines is 2. The van der Waals surface area contributed by atoms with Crippen molar-refractivity contribution in [2.24, 2.45) is 0 Å². The van der Waals surface area contributed by atoms with Crippen LogP contribution in [0.3, 0.4) is 0 Å². The van der Waals surface area contributed by atoms with E-state index >= 15 is 0 Å². The molecule has 0 saturated carbocycles. The number of carbonyl (C=O) groups excluding carboxylic acids is 1. The smallest absolute Gasteiger partial charge is 0.266 e. The molecule has 0 bridgehead atoms. The number of nitrogens with one attached hydrogen (secondary N) is 1. The van der Waals surface area contributed by atoms with E-state index in [0.717, 1.165) is 41.0 Å². The summed E-state index contributed by atoms with van der Waals surface area (Å²) >= 11 is 1.32. The number of aryl methyl sites for hydroxylation is 1. The fraction of sp³-hybridized carbons (Fsp3) is 0.350. The first kappa shape index (κ1) is 17.9. The number of hydrogen-bond acceptors (Lipinski definition) is 5. The minimum atomic E-state index is -0.452. The summed E-state index contributed by atoms with van der Waals surface area (Å²) in [6.45, 7) is 5.08. The Kier molecular flexibility index (Phi) is 4.78. The molecule has 1 amide bonds. The Morgan fingerprint density at radius 2 is 2.11 bits per heavy atom. The van der Waals surface area contributed by atoms with Gasteiger partial charge in [0.25, 0.3) is 5.91 Å². The van der Waals surface area contributed by atoms with E-state index in [1.807, 2.05) is 6.92 Å². The standard InChI is InChI=1S/C20H21FN4OS/c1-12-7-5-6-10-25(12)18-16-13(2)17(27-20(16)23-11-22-18)19(26)24-15-9-4-3-8-14(15)21/h3-4,8-9,11-12H,5-7,10H2,1-2H3,(H,24,26). The first-order valence-electron chi connectivity index (χ1n) is 9.13. The number of thiophene rings is 1. The summed E-state index contributed by atoms with van der Waals surface area (Å²) in [6.07, 6.45) is 5.06. The van der Waals surface area contributed by atoms with Crippen LogP contribution in [-0.2, 0) is 0 Å². The largest absolute Gasteiger partial charge is 0.353 e. The highest BCUT2D eigenvalue weighted by molar-refractivity contribution is 7.20. The monoisotopic (exact) mass is 384 g/mol. The van der Waals surface area contributed by atoms with Crippen LogP contribution >= 0.6 is 11.3 Å². The summed E-state index contributed by atoms with van der Waals surface area (Å²) in [5, 5.41) is 3.60. The van der Waals surface area contributed by atoms with Gasteiger partial charge < -0.3 is 10.2 Å². The fourth-order valence-corrected chi connectivity index (χ4v) is 4.68. The normalized spacial score (nSPS) is 17.3. The van der Waals surface area contributed by atoms with E-state index in [9.17, 15) is 9.18 Å². The third-order valence-electron chi connectivity index (χ3n) is 5.11. The van der Waals surface area contributed by atoms with Crippen molar-refractivity contribution >= 4 is 39.0 Å². The maximum absolute atomic E-state index is 13.9. The van der Waals surface area contributed by atoms with Crippen LogP contribution in [-0.4, -0.2) is 28.5 Å². The molecule has 1 aromatic carbocycles. The van der Waals surface area contributed by atoms with Gasteiger partial charge >= 0.3 is 0 Å². The Morgan fingerprint density at radius 1 is 1.30 bits per heavy atom. The number of benzene rings is 1. The zero-order valence-electron chi connectivity index (χ0n) is 15.3. The molecule has 140 valence electrons. The molecule has 27 heavy (non-hydrogen) atoms. The Hall–Kier alpha value is -2.54. The second kappa shape index (κ2) is 7.23. The molecule has 1 saturated heterocycles. The van der Waals surface area contributed by atoms with Crippen molar-refractivity contribution in [1.29, 1.82) is 0 Å². The van der Waals surface area contributed by atoms with Gasteiger partial charge in [0.1, 0.15) is 22.8 Å². The average Bonchev–Trinajstić information content (AvgIpc) is 3.01. The van der Waals surface area contributed by atoms with Gasteiger partial charge in [-0.15, -0.1) is 11.3 Å². The molecule has 4 rings (SSSR count). The Labute approximate surface area is 161 Å². The molecule has 1 atom stereocenters. The summed E-state index contributed by atoms with van der Waals surface area (Å²) < 4.78 is 13.9. The molecular formula is C20H21FN4OS. The van der Waals surface area contributed by atoms with E-state index in [1.54, 1.807) is 24.5 Å². The van der Waals surface area contributed by atoms with E-state index in [2.05, 4.69) is 27.1 Å². The van der Waals surface area contributed by atoms with Crippen LogP contribution in [0.5, 0.6) is 0 Å². The molecule has 3 heterocycles. The molecule has 3 aromatic rings. The van der Waals surface area contributed by atoms with Gasteiger partial charge in [0, 0.05) is 12.6 Å². The number of carbonyl (C=O) groups is 1. The summed E-state index contributed by atoms with van der Waals surface area (Å²) in [5.41, 5.74) is 1.02. The number of rotatable bonds is 3. The lowest BCUT2D eigenvalue weighted by Crippen LogP contribution is -2.38. The van der Waals surface area contributed by atoms with E-state index < -0.39 is 5.82 Å². The summed E-state index contributed by atoms with van der Waals surface area (Å²) in [6, 6.07) is 6.58. The fourth-order valence-electron chi connectivity index (χ4n) is 3.64. The summed E-state index contributed by atoms with van der Waals surface area (Å²) in [5.74, 6) is 0.122. The SMILES string of the molecule is Cc1c(C(=O)Nc2ccccc2F)sc2ncnc(N3CCCCC3C)c12. The van der Waals surface area contributed by atoms with E-state index in [-0.39, 0.29) is 11.6 Å². The van der Waals surface area contributed by atoms with Crippen LogP contribution in [0.15, 0.2) is 30.6 Å². The molecule has 2 aromatic heterocycles. The van der Waals surface area contributed by atoms with Crippen molar-refractivity contribution in [3.05, 3.63) is 46.9 Å². The maximum atomic E-state index is 13.9. The van der Waals surface area contributed by atoms with Crippen LogP contribution in [0, 0.1) is 12.7 Å². The average molecular weight is 384 g/mol. The first-order chi connectivity index (χ1) is 13.1. The molecule has 1 N–H and O–H groups in total. The summed E-state index contributed by atoms with van der Waals surface area (Å²) in [7, 11) is 0. The second-order valence-corrected chi connectivity index (χ2v) is 7.90. The van der Waals surface area contributed by atoms with Gasteiger partial charge in [0.2, 0.25) is 0 Å². The van der Waals surface area contributed by atoms with Crippen molar-refractivity contribution in [2.45, 2.75) is 39.2 Å². The van der Waals surface area contributed by atoms with Crippen molar-refractivity contribution in [2.75, 3.05) is 16.8 Å². The predicted octanol–water partition coefficient (Wildman–Crippen LogP) is 4.77. The number of nitrogens with zero attached hydrogens (tertiary/aromatic N) is 3. The van der Waals surface area contributed by atoms with Gasteiger partial charge in [-0.3, -0.25) is 4.79 Å². The molecule has 0 radical (unpaired) electrons. The molecule has 0 aliphatic carbocycles. The van der Waals surface area contributed by atoms with Gasteiger partial charge in [-0.05, 0) is 50.8 Å². The second-order valence-electron chi connectivity index (χ2n) is 6.91. The maximum Gasteiger partial charge on any atom is 0.266 e. The van der Waals surface area contributed by atoms with E-state index in [0.29, 0.717) is 10.9 Å². The van der Waals surface area contributed by atoms with Crippen LogP contribution < -0.4 is 10.2 Å². The number of amides is 1. The minimum absolute atomic E-state index is 0.176. The third-order valence-corrected chi connectivity index (χ3v) is 6.31. The number of para-hydroxylation sites is 1. The van der Waals surface area contributed by atoms with Crippen LogP contribution in [0.2, 0.25) is 0 Å². The number of aromatic nitrogens is 2. The first-order valence-corrected chi connectivity index (χ1v) is 9.94. The number of halogens is 1. The highest BCUT2D eigenvalue weighted by atomic mass is 32.1. The highest BCUT2D eigenvalue weighted by Gasteiger charge is 2.26. The molecule has 5 nitrogen and oxygen atoms in total. The van der Waals surface area contributed by atoms with Gasteiger partial charge in [-0.1, -0.05) is 12.1 Å². The van der Waals surface area contributed by atoms with Gasteiger partial charge in [-0.25, -0.2) is 14.4 Å². The zero-order valence-corrected chi connectivity index (χ0v) is 16.1. The van der Waals surface area contributed by atoms with Crippen molar-refractivity contribution in [3.8, 4) is 0 Å². The zero-order chi connectivity index (χ0) is 19.0. The molecule has 7 heteroatoms. The van der Waals surface area contributed by atoms with Crippen molar-refractivity contribution in [3.63, 3.8) is 0 Å². The minimum Gasteiger partial charge on any atom is -0.353 e. The van der Waals surface area contributed by atoms with Crippen LogP contribution in [0.4, 0.5) is 15.9 Å². The van der Waals surface area contributed by atoms with Gasteiger partial charge in [-0.2, -0.15) is 0 Å². The van der Waals surface area contributed by atoms with Crippen LogP contribution in [0.1, 0.15) is 41.4 Å². The molecule has 1 unspecified atom stereocenters. The molecule has 1 aliphatic heterocycles. The number of hydrogen-bond donors (Lipinski definition) is 1. The van der Waals surface area contributed by atoms with E-state index in [1.165, 1.54) is 23.8 Å². The lowest BCUT2D eigenvalue weighted by Gasteiger charge is -2.34. The van der Waals surface area contributed by atoms with Crippen molar-refractivity contribution < 1.29 is 9.18 Å². The lowest BCUT2D eigenvalue weighted by atomic mass is 10.0. The van der Waals surface area contributed by atoms with Crippen molar-refractivity contribution in [1.82, 2.24) is 9.97 Å². The molecule has 1 fully saturated rings. The van der Waals surface area contributed by atoms with E-state index in [4.69, 9.17) is 0 Å². The van der Waals surface area contributed by atoms with Crippen LogP contribution in [0.25, 0.3) is 10.2 Å². The molecular weight excluding hydrogens is 363 g/mol. The van der Waals surface area contributed by atoms with Gasteiger partial charge in [0.15, 0.2) is 0 Å². The quantitative estimate of drug-likeness (QED) is 0.707. The Balaban J connectivity index is 1.73. The molecule has 0 spiro atoms. The Morgan fingerprint density at radius 3 is 2.89 bits per heavy atom. The third kappa shape index (κ3) is 3.27.